The molecule has 0 radical (unpaired) electrons. The van der Waals surface area contributed by atoms with Crippen molar-refractivity contribution < 1.29 is 61.6 Å². The van der Waals surface area contributed by atoms with Gasteiger partial charge in [-0.1, -0.05) is 15.9 Å². The lowest BCUT2D eigenvalue weighted by molar-refractivity contribution is -0.0284. The average molecular weight is 745 g/mol. The largest absolute Gasteiger partial charge is 0.491 e. The van der Waals surface area contributed by atoms with Crippen LogP contribution in [0, 0.1) is 0 Å². The molecule has 0 unspecified atom stereocenters. The average Bonchev–Trinajstić information content (AvgIpc) is 3.08. The van der Waals surface area contributed by atoms with E-state index < -0.39 is 0 Å². The van der Waals surface area contributed by atoms with Gasteiger partial charge in [-0.25, -0.2) is 0 Å². The van der Waals surface area contributed by atoms with Crippen LogP contribution in [0.15, 0.2) is 24.3 Å². The summed E-state index contributed by atoms with van der Waals surface area (Å²) in [6, 6.07) is 7.26. The number of rotatable bonds is 39. The van der Waals surface area contributed by atoms with E-state index in [4.69, 9.17) is 67.3 Å². The molecule has 0 aromatic heterocycles. The molecule has 0 heterocycles. The minimum absolute atomic E-state index is 0.475. The molecule has 0 aliphatic rings. The summed E-state index contributed by atoms with van der Waals surface area (Å²) in [5, 5.41) is 0.836. The Bertz CT molecular complexity index is 739. The van der Waals surface area contributed by atoms with Crippen molar-refractivity contribution in [2.24, 2.45) is 0 Å². The minimum atomic E-state index is 0.475. The molecule has 0 saturated carbocycles. The number of nitrogen functional groups attached to an aromatic ring is 1. The van der Waals surface area contributed by atoms with Gasteiger partial charge in [0.15, 0.2) is 0 Å². The van der Waals surface area contributed by atoms with Gasteiger partial charge in [0.2, 0.25) is 0 Å². The van der Waals surface area contributed by atoms with Crippen LogP contribution >= 0.6 is 15.9 Å². The SMILES string of the molecule is Nc1ccc(OCCOCCOCCOCCOCCOCCOCCOCCOCCOCCOCCOCCOCCBr)cc1. The minimum Gasteiger partial charge on any atom is -0.491 e. The Labute approximate surface area is 289 Å². The van der Waals surface area contributed by atoms with Crippen molar-refractivity contribution in [2.75, 3.05) is 176 Å². The van der Waals surface area contributed by atoms with Crippen LogP contribution in [0.5, 0.6) is 5.75 Å². The third kappa shape index (κ3) is 34.5. The second kappa shape index (κ2) is 37.6. The van der Waals surface area contributed by atoms with Crippen LogP contribution < -0.4 is 10.5 Å². The monoisotopic (exact) mass is 743 g/mol. The first-order valence-electron chi connectivity index (χ1n) is 16.3. The molecule has 0 saturated heterocycles. The predicted molar refractivity (Wildman–Crippen MR) is 180 cm³/mol. The van der Waals surface area contributed by atoms with Gasteiger partial charge in [-0.05, 0) is 24.3 Å². The summed E-state index contributed by atoms with van der Waals surface area (Å²) in [5.41, 5.74) is 6.35. The van der Waals surface area contributed by atoms with Crippen LogP contribution in [0.1, 0.15) is 0 Å². The van der Waals surface area contributed by atoms with E-state index in [0.29, 0.717) is 171 Å². The summed E-state index contributed by atoms with van der Waals surface area (Å²) in [6.07, 6.45) is 0. The third-order valence-corrected chi connectivity index (χ3v) is 6.01. The fourth-order valence-electron chi connectivity index (χ4n) is 3.36. The molecule has 14 nitrogen and oxygen atoms in total. The van der Waals surface area contributed by atoms with Gasteiger partial charge >= 0.3 is 0 Å². The van der Waals surface area contributed by atoms with Gasteiger partial charge in [-0.3, -0.25) is 0 Å². The molecule has 2 N–H and O–H groups in total. The van der Waals surface area contributed by atoms with Gasteiger partial charge < -0.3 is 67.3 Å². The lowest BCUT2D eigenvalue weighted by atomic mass is 10.3. The van der Waals surface area contributed by atoms with E-state index >= 15 is 0 Å². The molecule has 1 rings (SSSR count). The Kier molecular flexibility index (Phi) is 35.1. The Balaban J connectivity index is 1.62. The van der Waals surface area contributed by atoms with E-state index in [2.05, 4.69) is 15.9 Å². The zero-order chi connectivity index (χ0) is 33.6. The Morgan fingerprint density at radius 1 is 0.319 bits per heavy atom. The van der Waals surface area contributed by atoms with E-state index in [1.807, 2.05) is 12.1 Å². The zero-order valence-corrected chi connectivity index (χ0v) is 29.5. The molecule has 1 aromatic rings. The number of nitrogens with two attached hydrogens (primary N) is 1. The fourth-order valence-corrected chi connectivity index (χ4v) is 3.59. The summed E-state index contributed by atoms with van der Waals surface area (Å²) >= 11 is 3.30. The van der Waals surface area contributed by atoms with Crippen LogP contribution in [-0.2, 0) is 56.8 Å². The van der Waals surface area contributed by atoms with Crippen molar-refractivity contribution in [3.05, 3.63) is 24.3 Å². The number of benzene rings is 1. The first-order valence-corrected chi connectivity index (χ1v) is 17.4. The van der Waals surface area contributed by atoms with Crippen LogP contribution in [0.2, 0.25) is 0 Å². The number of halogens is 1. The fraction of sp³-hybridized carbons (Fsp3) is 0.812. The summed E-state index contributed by atoms with van der Waals surface area (Å²) in [7, 11) is 0. The Morgan fingerprint density at radius 2 is 0.532 bits per heavy atom. The normalized spacial score (nSPS) is 11.4. The van der Waals surface area contributed by atoms with Crippen LogP contribution in [-0.4, -0.2) is 171 Å². The highest BCUT2D eigenvalue weighted by atomic mass is 79.9. The second-order valence-corrected chi connectivity index (χ2v) is 10.2. The molecule has 0 amide bonds. The van der Waals surface area contributed by atoms with E-state index in [1.54, 1.807) is 12.1 Å². The summed E-state index contributed by atoms with van der Waals surface area (Å²) in [4.78, 5) is 0. The Hall–Kier alpha value is -1.18. The number of hydrogen-bond donors (Lipinski definition) is 1. The first-order chi connectivity index (χ1) is 23.3. The molecular weight excluding hydrogens is 686 g/mol. The highest BCUT2D eigenvalue weighted by Gasteiger charge is 1.97. The maximum absolute atomic E-state index is 5.64. The number of anilines is 1. The van der Waals surface area contributed by atoms with Crippen molar-refractivity contribution in [2.45, 2.75) is 0 Å². The van der Waals surface area contributed by atoms with Gasteiger partial charge in [0, 0.05) is 11.0 Å². The summed E-state index contributed by atoms with van der Waals surface area (Å²) < 4.78 is 70.9. The summed E-state index contributed by atoms with van der Waals surface area (Å²) in [5.74, 6) is 0.771. The number of alkyl halides is 1. The molecule has 0 aliphatic carbocycles. The van der Waals surface area contributed by atoms with Crippen molar-refractivity contribution in [1.82, 2.24) is 0 Å². The number of hydrogen-bond acceptors (Lipinski definition) is 14. The highest BCUT2D eigenvalue weighted by molar-refractivity contribution is 9.09. The van der Waals surface area contributed by atoms with Crippen LogP contribution in [0.25, 0.3) is 0 Å². The molecule has 0 bridgehead atoms. The molecular formula is C32H58BrNO13. The van der Waals surface area contributed by atoms with Crippen molar-refractivity contribution >= 4 is 21.6 Å². The smallest absolute Gasteiger partial charge is 0.119 e. The van der Waals surface area contributed by atoms with E-state index in [1.165, 1.54) is 0 Å². The standard InChI is InChI=1S/C32H58BrNO13/c33-5-6-35-7-8-36-9-10-37-11-12-38-13-14-39-15-16-40-17-18-41-19-20-42-21-22-43-23-24-44-25-26-45-27-28-46-29-30-47-32-3-1-31(34)2-4-32/h1-4H,5-30,34H2. The molecule has 276 valence electrons. The first kappa shape index (κ1) is 43.8. The summed E-state index contributed by atoms with van der Waals surface area (Å²) in [6.45, 7) is 13.1. The predicted octanol–water partition coefficient (Wildman–Crippen LogP) is 2.24. The van der Waals surface area contributed by atoms with E-state index in [9.17, 15) is 0 Å². The van der Waals surface area contributed by atoms with Gasteiger partial charge in [0.05, 0.1) is 159 Å². The van der Waals surface area contributed by atoms with Crippen LogP contribution in [0.4, 0.5) is 5.69 Å². The van der Waals surface area contributed by atoms with Crippen molar-refractivity contribution in [3.63, 3.8) is 0 Å². The molecule has 0 aliphatic heterocycles. The lowest BCUT2D eigenvalue weighted by Crippen LogP contribution is -2.15. The molecule has 1 aromatic carbocycles. The maximum atomic E-state index is 5.64. The lowest BCUT2D eigenvalue weighted by Gasteiger charge is -2.09. The van der Waals surface area contributed by atoms with Gasteiger partial charge in [-0.15, -0.1) is 0 Å². The van der Waals surface area contributed by atoms with E-state index in [-0.39, 0.29) is 0 Å². The molecule has 0 spiro atoms. The number of ether oxygens (including phenoxy) is 13. The quantitative estimate of drug-likeness (QED) is 0.0598. The molecule has 0 fully saturated rings. The third-order valence-electron chi connectivity index (χ3n) is 5.69. The van der Waals surface area contributed by atoms with E-state index in [0.717, 1.165) is 11.1 Å². The molecule has 47 heavy (non-hydrogen) atoms. The second-order valence-electron chi connectivity index (χ2n) is 9.45. The van der Waals surface area contributed by atoms with Crippen LogP contribution in [0.3, 0.4) is 0 Å². The molecule has 0 atom stereocenters. The van der Waals surface area contributed by atoms with Gasteiger partial charge in [0.1, 0.15) is 12.4 Å². The van der Waals surface area contributed by atoms with Gasteiger partial charge in [-0.2, -0.15) is 0 Å². The van der Waals surface area contributed by atoms with Crippen molar-refractivity contribution in [1.29, 1.82) is 0 Å². The zero-order valence-electron chi connectivity index (χ0n) is 28.0. The van der Waals surface area contributed by atoms with Gasteiger partial charge in [0.25, 0.3) is 0 Å². The maximum Gasteiger partial charge on any atom is 0.119 e. The highest BCUT2D eigenvalue weighted by Crippen LogP contribution is 2.12. The Morgan fingerprint density at radius 3 is 0.766 bits per heavy atom. The molecule has 15 heteroatoms. The topological polar surface area (TPSA) is 146 Å². The van der Waals surface area contributed by atoms with Crippen molar-refractivity contribution in [3.8, 4) is 5.75 Å².